The number of thiophene rings is 1. The zero-order valence-electron chi connectivity index (χ0n) is 11.3. The van der Waals surface area contributed by atoms with Crippen LogP contribution < -0.4 is 0 Å². The van der Waals surface area contributed by atoms with Crippen molar-refractivity contribution >= 4 is 44.7 Å². The molecule has 106 valence electrons. The van der Waals surface area contributed by atoms with Gasteiger partial charge >= 0.3 is 0 Å². The van der Waals surface area contributed by atoms with Gasteiger partial charge in [0.25, 0.3) is 0 Å². The highest BCUT2D eigenvalue weighted by Gasteiger charge is 2.20. The molecule has 0 amide bonds. The summed E-state index contributed by atoms with van der Waals surface area (Å²) in [7, 11) is 1.96. The molecule has 2 aromatic rings. The molecule has 0 saturated carbocycles. The van der Waals surface area contributed by atoms with Gasteiger partial charge in [-0.3, -0.25) is 9.69 Å². The Balaban J connectivity index is 2.06. The van der Waals surface area contributed by atoms with Gasteiger partial charge in [0.05, 0.1) is 9.83 Å². The van der Waals surface area contributed by atoms with Gasteiger partial charge in [-0.15, -0.1) is 11.3 Å². The van der Waals surface area contributed by atoms with Crippen molar-refractivity contribution in [3.05, 3.63) is 55.6 Å². The van der Waals surface area contributed by atoms with Crippen LogP contribution in [0.5, 0.6) is 0 Å². The van der Waals surface area contributed by atoms with Crippen LogP contribution in [0.15, 0.2) is 39.5 Å². The van der Waals surface area contributed by atoms with Crippen LogP contribution in [-0.2, 0) is 6.54 Å². The fourth-order valence-corrected chi connectivity index (χ4v) is 3.33. The number of hydrogen-bond acceptors (Lipinski definition) is 3. The minimum Gasteiger partial charge on any atom is -0.292 e. The zero-order chi connectivity index (χ0) is 14.7. The molecule has 0 N–H and O–H groups in total. The number of Topliss-reactive ketones (excluding diaryl/α,β-unsaturated/α-hetero) is 1. The van der Waals surface area contributed by atoms with Crippen LogP contribution in [0, 0.1) is 0 Å². The number of rotatable bonds is 5. The first kappa shape index (κ1) is 15.7. The summed E-state index contributed by atoms with van der Waals surface area (Å²) in [5, 5.41) is 2.68. The Morgan fingerprint density at radius 2 is 2.20 bits per heavy atom. The van der Waals surface area contributed by atoms with Gasteiger partial charge in [-0.1, -0.05) is 23.7 Å². The molecule has 2 rings (SSSR count). The predicted molar refractivity (Wildman–Crippen MR) is 88.7 cm³/mol. The van der Waals surface area contributed by atoms with E-state index in [9.17, 15) is 4.79 Å². The van der Waals surface area contributed by atoms with Crippen molar-refractivity contribution in [1.82, 2.24) is 4.90 Å². The van der Waals surface area contributed by atoms with E-state index < -0.39 is 0 Å². The third-order valence-electron chi connectivity index (χ3n) is 3.20. The van der Waals surface area contributed by atoms with Crippen LogP contribution >= 0.6 is 38.9 Å². The molecule has 0 saturated heterocycles. The third-order valence-corrected chi connectivity index (χ3v) is 4.99. The Hall–Kier alpha value is -0.680. The molecule has 0 bridgehead atoms. The lowest BCUT2D eigenvalue weighted by molar-refractivity contribution is 0.0862. The highest BCUT2D eigenvalue weighted by atomic mass is 79.9. The molecule has 0 fully saturated rings. The minimum atomic E-state index is -0.188. The first-order chi connectivity index (χ1) is 9.47. The molecule has 0 spiro atoms. The fourth-order valence-electron chi connectivity index (χ4n) is 1.94. The highest BCUT2D eigenvalue weighted by molar-refractivity contribution is 9.11. The molecular formula is C15H15BrClNOS. The van der Waals surface area contributed by atoms with Gasteiger partial charge in [-0.2, -0.15) is 0 Å². The van der Waals surface area contributed by atoms with Crippen molar-refractivity contribution in [3.8, 4) is 0 Å². The number of likely N-dealkylation sites (N-methyl/N-ethyl adjacent to an activating group) is 1. The maximum Gasteiger partial charge on any atom is 0.179 e. The van der Waals surface area contributed by atoms with Gasteiger partial charge in [0.1, 0.15) is 0 Å². The molecule has 0 radical (unpaired) electrons. The van der Waals surface area contributed by atoms with Gasteiger partial charge in [0, 0.05) is 17.1 Å². The van der Waals surface area contributed by atoms with E-state index in [4.69, 9.17) is 11.6 Å². The van der Waals surface area contributed by atoms with Gasteiger partial charge < -0.3 is 0 Å². The second-order valence-electron chi connectivity index (χ2n) is 4.72. The smallest absolute Gasteiger partial charge is 0.179 e. The first-order valence-corrected chi connectivity index (χ1v) is 8.25. The van der Waals surface area contributed by atoms with Crippen LogP contribution in [0.1, 0.15) is 22.8 Å². The Labute approximate surface area is 136 Å². The van der Waals surface area contributed by atoms with E-state index in [0.29, 0.717) is 10.6 Å². The lowest BCUT2D eigenvalue weighted by Crippen LogP contribution is -2.35. The molecule has 5 heteroatoms. The summed E-state index contributed by atoms with van der Waals surface area (Å²) in [6, 6.07) is 8.99. The van der Waals surface area contributed by atoms with Crippen molar-refractivity contribution in [3.63, 3.8) is 0 Å². The van der Waals surface area contributed by atoms with E-state index in [1.165, 1.54) is 5.56 Å². The van der Waals surface area contributed by atoms with Crippen molar-refractivity contribution in [2.24, 2.45) is 0 Å². The number of ketones is 1. The van der Waals surface area contributed by atoms with E-state index in [2.05, 4.69) is 27.4 Å². The van der Waals surface area contributed by atoms with Crippen molar-refractivity contribution in [2.45, 2.75) is 19.5 Å². The molecule has 0 aliphatic rings. The summed E-state index contributed by atoms with van der Waals surface area (Å²) < 4.78 is 1.11. The quantitative estimate of drug-likeness (QED) is 0.698. The van der Waals surface area contributed by atoms with Crippen molar-refractivity contribution in [2.75, 3.05) is 7.05 Å². The molecule has 1 aromatic heterocycles. The average Bonchev–Trinajstić information content (AvgIpc) is 2.82. The molecular weight excluding hydrogens is 358 g/mol. The Bertz CT molecular complexity index is 613. The minimum absolute atomic E-state index is 0.0873. The van der Waals surface area contributed by atoms with E-state index >= 15 is 0 Å². The second-order valence-corrected chi connectivity index (χ2v) is 7.45. The van der Waals surface area contributed by atoms with Crippen molar-refractivity contribution < 1.29 is 4.79 Å². The van der Waals surface area contributed by atoms with Gasteiger partial charge in [0.2, 0.25) is 0 Å². The average molecular weight is 373 g/mol. The number of carbonyl (C=O) groups excluding carboxylic acids is 1. The lowest BCUT2D eigenvalue weighted by atomic mass is 10.0. The number of halogens is 2. The molecule has 0 aliphatic heterocycles. The van der Waals surface area contributed by atoms with E-state index in [0.717, 1.165) is 10.3 Å². The maximum atomic E-state index is 12.4. The zero-order valence-corrected chi connectivity index (χ0v) is 14.4. The molecule has 1 atom stereocenters. The number of nitrogens with zero attached hydrogens (tertiary/aromatic N) is 1. The second kappa shape index (κ2) is 6.85. The van der Waals surface area contributed by atoms with Crippen LogP contribution in [0.2, 0.25) is 5.02 Å². The third kappa shape index (κ3) is 3.92. The Kier molecular flexibility index (Phi) is 5.38. The topological polar surface area (TPSA) is 20.3 Å². The summed E-state index contributed by atoms with van der Waals surface area (Å²) in [5.74, 6) is 0.0873. The van der Waals surface area contributed by atoms with Gasteiger partial charge in [0.15, 0.2) is 5.78 Å². The normalized spacial score (nSPS) is 12.7. The number of hydrogen-bond donors (Lipinski definition) is 0. The van der Waals surface area contributed by atoms with Crippen LogP contribution in [-0.4, -0.2) is 23.8 Å². The number of benzene rings is 1. The largest absolute Gasteiger partial charge is 0.292 e. The summed E-state index contributed by atoms with van der Waals surface area (Å²) >= 11 is 11.0. The van der Waals surface area contributed by atoms with Crippen LogP contribution in [0.4, 0.5) is 0 Å². The fraction of sp³-hybridized carbons (Fsp3) is 0.267. The summed E-state index contributed by atoms with van der Waals surface area (Å²) in [6.07, 6.45) is 0. The monoisotopic (exact) mass is 371 g/mol. The SMILES string of the molecule is CC(C(=O)c1cccc(Cl)c1)N(C)Cc1csc(Br)c1. The number of carbonyl (C=O) groups is 1. The lowest BCUT2D eigenvalue weighted by Gasteiger charge is -2.23. The first-order valence-electron chi connectivity index (χ1n) is 6.20. The molecule has 1 heterocycles. The molecule has 2 nitrogen and oxygen atoms in total. The van der Waals surface area contributed by atoms with Gasteiger partial charge in [-0.25, -0.2) is 0 Å². The standard InChI is InChI=1S/C15H15BrClNOS/c1-10(15(19)12-4-3-5-13(17)7-12)18(2)8-11-6-14(16)20-9-11/h3-7,9-10H,8H2,1-2H3. The molecule has 0 aliphatic carbocycles. The summed E-state index contributed by atoms with van der Waals surface area (Å²) in [4.78, 5) is 14.5. The van der Waals surface area contributed by atoms with Crippen LogP contribution in [0.25, 0.3) is 0 Å². The van der Waals surface area contributed by atoms with E-state index in [-0.39, 0.29) is 11.8 Å². The Morgan fingerprint density at radius 3 is 2.80 bits per heavy atom. The molecule has 1 aromatic carbocycles. The highest BCUT2D eigenvalue weighted by Crippen LogP contribution is 2.22. The Morgan fingerprint density at radius 1 is 1.45 bits per heavy atom. The summed E-state index contributed by atoms with van der Waals surface area (Å²) in [6.45, 7) is 2.67. The van der Waals surface area contributed by atoms with Crippen LogP contribution in [0.3, 0.4) is 0 Å². The van der Waals surface area contributed by atoms with Gasteiger partial charge in [-0.05, 0) is 59.0 Å². The molecule has 20 heavy (non-hydrogen) atoms. The van der Waals surface area contributed by atoms with E-state index in [1.54, 1.807) is 35.6 Å². The van der Waals surface area contributed by atoms with E-state index in [1.807, 2.05) is 18.9 Å². The predicted octanol–water partition coefficient (Wildman–Crippen LogP) is 4.87. The van der Waals surface area contributed by atoms with Crippen molar-refractivity contribution in [1.29, 1.82) is 0 Å². The molecule has 1 unspecified atom stereocenters. The summed E-state index contributed by atoms with van der Waals surface area (Å²) in [5.41, 5.74) is 1.86. The maximum absolute atomic E-state index is 12.4.